The van der Waals surface area contributed by atoms with E-state index in [1.807, 2.05) is 38.8 Å². The van der Waals surface area contributed by atoms with Gasteiger partial charge in [0.2, 0.25) is 0 Å². The Morgan fingerprint density at radius 2 is 2.11 bits per heavy atom. The molecule has 7 heteroatoms. The largest absolute Gasteiger partial charge is 0.357 e. The molecule has 0 aromatic carbocycles. The van der Waals surface area contributed by atoms with Crippen LogP contribution in [-0.2, 0) is 7.05 Å². The fourth-order valence-electron chi connectivity index (χ4n) is 4.21. The highest BCUT2D eigenvalue weighted by Crippen LogP contribution is 2.37. The van der Waals surface area contributed by atoms with Crippen molar-refractivity contribution in [1.29, 1.82) is 5.26 Å². The van der Waals surface area contributed by atoms with Crippen LogP contribution >= 0.6 is 0 Å². The first kappa shape index (κ1) is 19.3. The first-order valence-electron chi connectivity index (χ1n) is 9.64. The third kappa shape index (κ3) is 3.81. The van der Waals surface area contributed by atoms with Crippen molar-refractivity contribution >= 4 is 5.82 Å². The zero-order chi connectivity index (χ0) is 19.6. The number of hydrogen-bond donors (Lipinski definition) is 0. The Bertz CT molecular complexity index is 835. The molecule has 0 bridgehead atoms. The molecule has 2 aromatic heterocycles. The molecule has 7 nitrogen and oxygen atoms in total. The van der Waals surface area contributed by atoms with Crippen LogP contribution < -0.4 is 4.90 Å². The molecule has 27 heavy (non-hydrogen) atoms. The van der Waals surface area contributed by atoms with Gasteiger partial charge < -0.3 is 4.90 Å². The Labute approximate surface area is 161 Å². The van der Waals surface area contributed by atoms with Gasteiger partial charge in [-0.3, -0.25) is 9.58 Å². The molecule has 0 unspecified atom stereocenters. The van der Waals surface area contributed by atoms with Crippen molar-refractivity contribution in [2.24, 2.45) is 13.0 Å². The molecule has 1 aliphatic heterocycles. The summed E-state index contributed by atoms with van der Waals surface area (Å²) in [5, 5.41) is 22.6. The average molecular weight is 368 g/mol. The third-order valence-electron chi connectivity index (χ3n) is 5.75. The zero-order valence-electron chi connectivity index (χ0n) is 17.0. The second kappa shape index (κ2) is 8.05. The highest BCUT2D eigenvalue weighted by Gasteiger charge is 2.34. The monoisotopic (exact) mass is 367 g/mol. The van der Waals surface area contributed by atoms with Gasteiger partial charge in [-0.25, -0.2) is 0 Å². The second-order valence-electron chi connectivity index (χ2n) is 7.52. The van der Waals surface area contributed by atoms with Crippen molar-refractivity contribution in [3.05, 3.63) is 34.8 Å². The van der Waals surface area contributed by atoms with Gasteiger partial charge >= 0.3 is 0 Å². The number of aryl methyl sites for hydroxylation is 2. The summed E-state index contributed by atoms with van der Waals surface area (Å²) in [4.78, 5) is 4.64. The molecule has 0 radical (unpaired) electrons. The molecule has 0 saturated carbocycles. The Morgan fingerprint density at radius 1 is 1.33 bits per heavy atom. The fraction of sp³-hybridized carbons (Fsp3) is 0.600. The average Bonchev–Trinajstić information content (AvgIpc) is 3.09. The van der Waals surface area contributed by atoms with Crippen LogP contribution in [0.2, 0.25) is 0 Å². The van der Waals surface area contributed by atoms with Crippen molar-refractivity contribution in [1.82, 2.24) is 24.9 Å². The Hall–Kier alpha value is -2.46. The summed E-state index contributed by atoms with van der Waals surface area (Å²) in [6.07, 6.45) is 6.46. The predicted octanol–water partition coefficient (Wildman–Crippen LogP) is 2.61. The predicted molar refractivity (Wildman–Crippen MR) is 105 cm³/mol. The van der Waals surface area contributed by atoms with E-state index in [-0.39, 0.29) is 0 Å². The highest BCUT2D eigenvalue weighted by molar-refractivity contribution is 5.57. The normalized spacial score (nSPS) is 20.4. The molecule has 3 rings (SSSR count). The van der Waals surface area contributed by atoms with E-state index in [1.165, 1.54) is 12.0 Å². The summed E-state index contributed by atoms with van der Waals surface area (Å²) < 4.78 is 1.88. The van der Waals surface area contributed by atoms with Crippen molar-refractivity contribution < 1.29 is 0 Å². The smallest absolute Gasteiger partial charge is 0.169 e. The zero-order valence-corrected chi connectivity index (χ0v) is 17.0. The van der Waals surface area contributed by atoms with Crippen LogP contribution in [0.4, 0.5) is 5.82 Å². The van der Waals surface area contributed by atoms with Crippen LogP contribution in [0, 0.1) is 31.1 Å². The number of hydrogen-bond acceptors (Lipinski definition) is 6. The Kier molecular flexibility index (Phi) is 5.76. The lowest BCUT2D eigenvalue weighted by molar-refractivity contribution is 0.101. The third-order valence-corrected chi connectivity index (χ3v) is 5.75. The maximum atomic E-state index is 9.63. The van der Waals surface area contributed by atoms with E-state index in [9.17, 15) is 5.26 Å². The van der Waals surface area contributed by atoms with E-state index >= 15 is 0 Å². The van der Waals surface area contributed by atoms with Crippen molar-refractivity contribution in [3.8, 4) is 6.07 Å². The van der Waals surface area contributed by atoms with Gasteiger partial charge in [0.25, 0.3) is 0 Å². The lowest BCUT2D eigenvalue weighted by atomic mass is 9.85. The first-order chi connectivity index (χ1) is 13.0. The van der Waals surface area contributed by atoms with Gasteiger partial charge in [0.1, 0.15) is 11.6 Å². The van der Waals surface area contributed by atoms with Crippen LogP contribution in [0.1, 0.15) is 48.2 Å². The number of likely N-dealkylation sites (tertiary alicyclic amines) is 1. The number of rotatable bonds is 5. The molecule has 3 heterocycles. The molecule has 144 valence electrons. The summed E-state index contributed by atoms with van der Waals surface area (Å²) in [7, 11) is 3.98. The van der Waals surface area contributed by atoms with E-state index in [0.29, 0.717) is 23.3 Å². The summed E-state index contributed by atoms with van der Waals surface area (Å²) in [5.41, 5.74) is 3.62. The topological polar surface area (TPSA) is 73.9 Å². The quantitative estimate of drug-likeness (QED) is 0.809. The van der Waals surface area contributed by atoms with E-state index in [1.54, 1.807) is 0 Å². The molecular formula is C20H29N7. The van der Waals surface area contributed by atoms with E-state index in [4.69, 9.17) is 0 Å². The molecule has 1 saturated heterocycles. The van der Waals surface area contributed by atoms with Gasteiger partial charge in [-0.05, 0) is 51.3 Å². The van der Waals surface area contributed by atoms with E-state index in [2.05, 4.69) is 44.3 Å². The maximum Gasteiger partial charge on any atom is 0.169 e. The Morgan fingerprint density at radius 3 is 2.74 bits per heavy atom. The minimum absolute atomic E-state index is 0.338. The van der Waals surface area contributed by atoms with Gasteiger partial charge in [-0.2, -0.15) is 15.5 Å². The van der Waals surface area contributed by atoms with Gasteiger partial charge in [0, 0.05) is 38.4 Å². The summed E-state index contributed by atoms with van der Waals surface area (Å²) >= 11 is 0. The number of nitrogens with zero attached hydrogens (tertiary/aromatic N) is 7. The van der Waals surface area contributed by atoms with Crippen molar-refractivity contribution in [2.75, 3.05) is 31.6 Å². The standard InChI is InChI=1S/C20H29N7/c1-6-27-9-7-8-16(19(27)17-11-22-26(5)13-17)12-25(4)20-18(10-21)14(2)15(3)23-24-20/h11,13,16,19H,6-9,12H2,1-5H3/t16-,19+/m0/s1. The van der Waals surface area contributed by atoms with Crippen LogP contribution in [-0.4, -0.2) is 51.6 Å². The molecule has 0 aliphatic carbocycles. The molecular weight excluding hydrogens is 338 g/mol. The van der Waals surface area contributed by atoms with Gasteiger partial charge in [0.15, 0.2) is 5.82 Å². The van der Waals surface area contributed by atoms with Crippen molar-refractivity contribution in [3.63, 3.8) is 0 Å². The second-order valence-corrected chi connectivity index (χ2v) is 7.52. The van der Waals surface area contributed by atoms with E-state index in [0.717, 1.165) is 37.3 Å². The maximum absolute atomic E-state index is 9.63. The van der Waals surface area contributed by atoms with Crippen LogP contribution in [0.5, 0.6) is 0 Å². The molecule has 1 fully saturated rings. The van der Waals surface area contributed by atoms with Crippen LogP contribution in [0.3, 0.4) is 0 Å². The molecule has 0 spiro atoms. The SMILES string of the molecule is CCN1CCC[C@@H](CN(C)c2nnc(C)c(C)c2C#N)[C@@H]1c1cnn(C)c1. The van der Waals surface area contributed by atoms with Gasteiger partial charge in [0.05, 0.1) is 11.9 Å². The minimum Gasteiger partial charge on any atom is -0.357 e. The Balaban J connectivity index is 1.88. The minimum atomic E-state index is 0.338. The van der Waals surface area contributed by atoms with Gasteiger partial charge in [-0.1, -0.05) is 6.92 Å². The summed E-state index contributed by atoms with van der Waals surface area (Å²) in [6, 6.07) is 2.66. The van der Waals surface area contributed by atoms with Gasteiger partial charge in [-0.15, -0.1) is 5.10 Å². The number of anilines is 1. The number of piperidine rings is 1. The molecule has 0 N–H and O–H groups in total. The molecule has 2 aromatic rings. The fourth-order valence-corrected chi connectivity index (χ4v) is 4.21. The number of nitriles is 1. The molecule has 0 amide bonds. The first-order valence-corrected chi connectivity index (χ1v) is 9.64. The summed E-state index contributed by atoms with van der Waals surface area (Å²) in [5.74, 6) is 1.13. The van der Waals surface area contributed by atoms with Crippen molar-refractivity contribution in [2.45, 2.75) is 39.7 Å². The molecule has 1 aliphatic rings. The number of aromatic nitrogens is 4. The lowest BCUT2D eigenvalue weighted by Gasteiger charge is -2.42. The van der Waals surface area contributed by atoms with Crippen LogP contribution in [0.25, 0.3) is 0 Å². The van der Waals surface area contributed by atoms with Crippen LogP contribution in [0.15, 0.2) is 12.4 Å². The lowest BCUT2D eigenvalue weighted by Crippen LogP contribution is -2.43. The highest BCUT2D eigenvalue weighted by atomic mass is 15.3. The molecule has 2 atom stereocenters. The van der Waals surface area contributed by atoms with E-state index < -0.39 is 0 Å². The summed E-state index contributed by atoms with van der Waals surface area (Å²) in [6.45, 7) is 9.03.